The van der Waals surface area contributed by atoms with Gasteiger partial charge < -0.3 is 4.90 Å². The summed E-state index contributed by atoms with van der Waals surface area (Å²) >= 11 is 1.82. The number of nitrogens with one attached hydrogen (secondary N) is 1. The van der Waals surface area contributed by atoms with E-state index in [1.54, 1.807) is 4.90 Å². The van der Waals surface area contributed by atoms with E-state index in [0.29, 0.717) is 23.9 Å². The third kappa shape index (κ3) is 7.24. The van der Waals surface area contributed by atoms with E-state index in [1.807, 2.05) is 23.9 Å². The minimum atomic E-state index is -0.553. The van der Waals surface area contributed by atoms with Gasteiger partial charge in [-0.3, -0.25) is 19.7 Å². The fourth-order valence-corrected chi connectivity index (χ4v) is 6.75. The number of carbonyl (C=O) groups is 3. The first-order chi connectivity index (χ1) is 17.4. The van der Waals surface area contributed by atoms with Gasteiger partial charge in [0.2, 0.25) is 11.8 Å². The molecule has 1 atom stereocenters. The SMILES string of the molecule is C=CCC(CC)(CC)CCCCCCCCCSc1cccc2c1CN(C1CCC(=O)NC1=O)C2=O. The number of benzene rings is 1. The Morgan fingerprint density at radius 3 is 2.42 bits per heavy atom. The molecular weight excluding hydrogens is 468 g/mol. The molecule has 5 nitrogen and oxygen atoms in total. The molecule has 1 fully saturated rings. The monoisotopic (exact) mass is 512 g/mol. The van der Waals surface area contributed by atoms with Gasteiger partial charge in [-0.25, -0.2) is 0 Å². The van der Waals surface area contributed by atoms with Crippen molar-refractivity contribution in [1.29, 1.82) is 0 Å². The number of hydrogen-bond acceptors (Lipinski definition) is 4. The zero-order valence-corrected chi connectivity index (χ0v) is 23.1. The van der Waals surface area contributed by atoms with Crippen LogP contribution in [0.25, 0.3) is 0 Å². The number of carbonyl (C=O) groups excluding carboxylic acids is 3. The van der Waals surface area contributed by atoms with Crippen molar-refractivity contribution in [2.45, 2.75) is 115 Å². The highest BCUT2D eigenvalue weighted by Gasteiger charge is 2.39. The molecule has 3 rings (SSSR count). The summed E-state index contributed by atoms with van der Waals surface area (Å²) in [6, 6.07) is 5.33. The predicted octanol–water partition coefficient (Wildman–Crippen LogP) is 7.04. The lowest BCUT2D eigenvalue weighted by Crippen LogP contribution is -2.52. The lowest BCUT2D eigenvalue weighted by molar-refractivity contribution is -0.136. The molecule has 6 heteroatoms. The number of imide groups is 1. The third-order valence-corrected chi connectivity index (χ3v) is 9.41. The van der Waals surface area contributed by atoms with Crippen molar-refractivity contribution >= 4 is 29.5 Å². The summed E-state index contributed by atoms with van der Waals surface area (Å²) in [5.74, 6) is 0.338. The van der Waals surface area contributed by atoms with Gasteiger partial charge in [0.05, 0.1) is 0 Å². The van der Waals surface area contributed by atoms with Crippen LogP contribution in [0.2, 0.25) is 0 Å². The topological polar surface area (TPSA) is 66.5 Å². The minimum absolute atomic E-state index is 0.0958. The van der Waals surface area contributed by atoms with Crippen molar-refractivity contribution < 1.29 is 14.4 Å². The number of unbranched alkanes of at least 4 members (excludes halogenated alkanes) is 6. The van der Waals surface area contributed by atoms with Crippen molar-refractivity contribution in [3.63, 3.8) is 0 Å². The second-order valence-corrected chi connectivity index (χ2v) is 11.6. The molecule has 1 saturated heterocycles. The van der Waals surface area contributed by atoms with Gasteiger partial charge in [0, 0.05) is 23.4 Å². The molecule has 2 aliphatic rings. The summed E-state index contributed by atoms with van der Waals surface area (Å²) in [5, 5.41) is 2.37. The minimum Gasteiger partial charge on any atom is -0.322 e. The number of nitrogens with zero attached hydrogens (tertiary/aromatic N) is 1. The molecule has 0 saturated carbocycles. The van der Waals surface area contributed by atoms with Gasteiger partial charge in [-0.2, -0.15) is 0 Å². The maximum absolute atomic E-state index is 13.0. The lowest BCUT2D eigenvalue weighted by Gasteiger charge is -2.30. The number of amides is 3. The number of fused-ring (bicyclic) bond motifs is 1. The highest BCUT2D eigenvalue weighted by molar-refractivity contribution is 7.99. The van der Waals surface area contributed by atoms with Gasteiger partial charge >= 0.3 is 0 Å². The quantitative estimate of drug-likeness (QED) is 0.112. The van der Waals surface area contributed by atoms with E-state index in [2.05, 4.69) is 37.9 Å². The van der Waals surface area contributed by atoms with Gasteiger partial charge in [0.25, 0.3) is 5.91 Å². The van der Waals surface area contributed by atoms with E-state index in [0.717, 1.165) is 22.6 Å². The van der Waals surface area contributed by atoms with Gasteiger partial charge in [0.1, 0.15) is 6.04 Å². The summed E-state index contributed by atoms with van der Waals surface area (Å²) in [5.41, 5.74) is 2.21. The van der Waals surface area contributed by atoms with Crippen molar-refractivity contribution in [3.8, 4) is 0 Å². The van der Waals surface area contributed by atoms with Gasteiger partial charge in [-0.1, -0.05) is 77.4 Å². The molecular formula is C30H44N2O3S. The second kappa shape index (κ2) is 14.0. The van der Waals surface area contributed by atoms with E-state index in [4.69, 9.17) is 0 Å². The predicted molar refractivity (Wildman–Crippen MR) is 148 cm³/mol. The van der Waals surface area contributed by atoms with Gasteiger partial charge in [-0.15, -0.1) is 18.3 Å². The largest absolute Gasteiger partial charge is 0.322 e. The normalized spacial score (nSPS) is 17.9. The van der Waals surface area contributed by atoms with Crippen molar-refractivity contribution in [2.24, 2.45) is 5.41 Å². The van der Waals surface area contributed by atoms with Crippen LogP contribution in [0.4, 0.5) is 0 Å². The average Bonchev–Trinajstić information content (AvgIpc) is 3.21. The second-order valence-electron chi connectivity index (χ2n) is 10.5. The molecule has 1 aromatic rings. The molecule has 2 aliphatic heterocycles. The zero-order valence-electron chi connectivity index (χ0n) is 22.3. The molecule has 0 aliphatic carbocycles. The van der Waals surface area contributed by atoms with E-state index in [1.165, 1.54) is 64.2 Å². The van der Waals surface area contributed by atoms with E-state index < -0.39 is 6.04 Å². The average molecular weight is 513 g/mol. The molecule has 1 N–H and O–H groups in total. The molecule has 0 aromatic heterocycles. The van der Waals surface area contributed by atoms with Crippen LogP contribution >= 0.6 is 11.8 Å². The number of piperidine rings is 1. The van der Waals surface area contributed by atoms with Crippen LogP contribution < -0.4 is 5.32 Å². The Bertz CT molecular complexity index is 925. The Balaban J connectivity index is 1.34. The number of thioether (sulfide) groups is 1. The van der Waals surface area contributed by atoms with Crippen LogP contribution in [0.3, 0.4) is 0 Å². The molecule has 1 unspecified atom stereocenters. The van der Waals surface area contributed by atoms with E-state index in [-0.39, 0.29) is 24.1 Å². The first-order valence-corrected chi connectivity index (χ1v) is 14.9. The summed E-state index contributed by atoms with van der Waals surface area (Å²) < 4.78 is 0. The molecule has 0 bridgehead atoms. The molecule has 0 spiro atoms. The first kappa shape index (κ1) is 28.5. The van der Waals surface area contributed by atoms with Crippen LogP contribution in [-0.2, 0) is 16.1 Å². The standard InChI is InChI=1S/C30H44N2O3S/c1-4-19-30(5-2,6-3)20-12-10-8-7-9-11-13-21-36-26-16-14-15-23-24(26)22-32(29(23)35)25-17-18-27(33)31-28(25)34/h4,14-16,25H,1,5-13,17-22H2,2-3H3,(H,31,33,34). The van der Waals surface area contributed by atoms with E-state index in [9.17, 15) is 14.4 Å². The maximum Gasteiger partial charge on any atom is 0.255 e. The molecule has 198 valence electrons. The van der Waals surface area contributed by atoms with Crippen molar-refractivity contribution in [2.75, 3.05) is 5.75 Å². The smallest absolute Gasteiger partial charge is 0.255 e. The number of rotatable bonds is 16. The van der Waals surface area contributed by atoms with Crippen LogP contribution in [0.15, 0.2) is 35.7 Å². The highest BCUT2D eigenvalue weighted by Crippen LogP contribution is 2.37. The Labute approximate surface area is 221 Å². The van der Waals surface area contributed by atoms with Crippen molar-refractivity contribution in [1.82, 2.24) is 10.2 Å². The summed E-state index contributed by atoms with van der Waals surface area (Å²) in [4.78, 5) is 39.5. The molecule has 1 aromatic carbocycles. The Morgan fingerprint density at radius 2 is 1.75 bits per heavy atom. The summed E-state index contributed by atoms with van der Waals surface area (Å²) in [6.45, 7) is 9.05. The number of hydrogen-bond donors (Lipinski definition) is 1. The van der Waals surface area contributed by atoms with E-state index >= 15 is 0 Å². The van der Waals surface area contributed by atoms with Gasteiger partial charge in [0.15, 0.2) is 0 Å². The van der Waals surface area contributed by atoms with Crippen molar-refractivity contribution in [3.05, 3.63) is 42.0 Å². The van der Waals surface area contributed by atoms with Crippen LogP contribution in [-0.4, -0.2) is 34.4 Å². The highest BCUT2D eigenvalue weighted by atomic mass is 32.2. The molecule has 0 radical (unpaired) electrons. The first-order valence-electron chi connectivity index (χ1n) is 13.9. The maximum atomic E-state index is 13.0. The number of allylic oxidation sites excluding steroid dienone is 1. The van der Waals surface area contributed by atoms with Gasteiger partial charge in [-0.05, 0) is 54.5 Å². The van der Waals surface area contributed by atoms with Crippen LogP contribution in [0, 0.1) is 5.41 Å². The Morgan fingerprint density at radius 1 is 1.06 bits per heavy atom. The molecule has 2 heterocycles. The Kier molecular flexibility index (Phi) is 11.1. The third-order valence-electron chi connectivity index (χ3n) is 8.23. The fraction of sp³-hybridized carbons (Fsp3) is 0.633. The lowest BCUT2D eigenvalue weighted by atomic mass is 9.75. The Hall–Kier alpha value is -2.08. The molecule has 36 heavy (non-hydrogen) atoms. The zero-order chi connectivity index (χ0) is 26.0. The van der Waals surface area contributed by atoms with Crippen LogP contribution in [0.1, 0.15) is 113 Å². The molecule has 3 amide bonds. The fourth-order valence-electron chi connectivity index (χ4n) is 5.66. The summed E-state index contributed by atoms with van der Waals surface area (Å²) in [7, 11) is 0. The summed E-state index contributed by atoms with van der Waals surface area (Å²) in [6.07, 6.45) is 16.8. The van der Waals surface area contributed by atoms with Crippen LogP contribution in [0.5, 0.6) is 0 Å².